The lowest BCUT2D eigenvalue weighted by Crippen LogP contribution is -2.46. The summed E-state index contributed by atoms with van der Waals surface area (Å²) in [6.07, 6.45) is 5.07. The highest BCUT2D eigenvalue weighted by molar-refractivity contribution is 5.79. The number of aliphatic hydroxyl groups excluding tert-OH is 1. The van der Waals surface area contributed by atoms with Gasteiger partial charge < -0.3 is 10.4 Å². The van der Waals surface area contributed by atoms with E-state index in [-0.39, 0.29) is 18.1 Å². The molecule has 1 aromatic heterocycles. The van der Waals surface area contributed by atoms with Crippen LogP contribution in [0.25, 0.3) is 0 Å². The third-order valence-electron chi connectivity index (χ3n) is 2.97. The van der Waals surface area contributed by atoms with E-state index in [0.717, 1.165) is 12.0 Å². The quantitative estimate of drug-likeness (QED) is 0.782. The maximum atomic E-state index is 11.8. The van der Waals surface area contributed by atoms with Gasteiger partial charge in [0, 0.05) is 24.5 Å². The second-order valence-electron chi connectivity index (χ2n) is 4.47. The maximum Gasteiger partial charge on any atom is 0.224 e. The van der Waals surface area contributed by atoms with E-state index in [1.165, 1.54) is 0 Å². The Morgan fingerprint density at radius 1 is 1.59 bits per heavy atom. The molecule has 1 rings (SSSR count). The molecule has 0 aliphatic heterocycles. The SMILES string of the molecule is CCC(C)(CCO)NC(=O)Cc1cccnc1. The van der Waals surface area contributed by atoms with Crippen LogP contribution >= 0.6 is 0 Å². The fraction of sp³-hybridized carbons (Fsp3) is 0.538. The van der Waals surface area contributed by atoms with Crippen LogP contribution in [0.15, 0.2) is 24.5 Å². The second kappa shape index (κ2) is 6.35. The Kier molecular flexibility index (Phi) is 5.10. The van der Waals surface area contributed by atoms with Crippen molar-refractivity contribution in [2.45, 2.75) is 38.6 Å². The molecule has 0 bridgehead atoms. The first-order valence-electron chi connectivity index (χ1n) is 5.90. The zero-order chi connectivity index (χ0) is 12.7. The van der Waals surface area contributed by atoms with Crippen LogP contribution in [-0.2, 0) is 11.2 Å². The van der Waals surface area contributed by atoms with Crippen molar-refractivity contribution in [3.8, 4) is 0 Å². The van der Waals surface area contributed by atoms with Crippen LogP contribution in [0, 0.1) is 0 Å². The number of hydrogen-bond donors (Lipinski definition) is 2. The van der Waals surface area contributed by atoms with Gasteiger partial charge in [-0.3, -0.25) is 9.78 Å². The summed E-state index contributed by atoms with van der Waals surface area (Å²) in [4.78, 5) is 15.8. The van der Waals surface area contributed by atoms with Crippen molar-refractivity contribution in [2.75, 3.05) is 6.61 Å². The number of rotatable bonds is 6. The summed E-state index contributed by atoms with van der Waals surface area (Å²) in [5.41, 5.74) is 0.570. The van der Waals surface area contributed by atoms with Gasteiger partial charge in [0.25, 0.3) is 0 Å². The number of carbonyl (C=O) groups excluding carboxylic acids is 1. The number of nitrogens with zero attached hydrogens (tertiary/aromatic N) is 1. The molecule has 0 radical (unpaired) electrons. The molecule has 1 unspecified atom stereocenters. The molecule has 4 heteroatoms. The van der Waals surface area contributed by atoms with Gasteiger partial charge in [-0.2, -0.15) is 0 Å². The van der Waals surface area contributed by atoms with Crippen LogP contribution in [-0.4, -0.2) is 28.1 Å². The summed E-state index contributed by atoms with van der Waals surface area (Å²) in [5, 5.41) is 11.9. The molecular weight excluding hydrogens is 216 g/mol. The number of carbonyl (C=O) groups is 1. The van der Waals surface area contributed by atoms with Crippen LogP contribution in [0.5, 0.6) is 0 Å². The van der Waals surface area contributed by atoms with Crippen LogP contribution in [0.1, 0.15) is 32.3 Å². The summed E-state index contributed by atoms with van der Waals surface area (Å²) in [5.74, 6) is -0.0317. The molecular formula is C13H20N2O2. The summed E-state index contributed by atoms with van der Waals surface area (Å²) in [6.45, 7) is 4.03. The van der Waals surface area contributed by atoms with Crippen molar-refractivity contribution in [2.24, 2.45) is 0 Å². The largest absolute Gasteiger partial charge is 0.396 e. The average Bonchev–Trinajstić information content (AvgIpc) is 2.30. The van der Waals surface area contributed by atoms with Gasteiger partial charge in [-0.05, 0) is 31.4 Å². The van der Waals surface area contributed by atoms with Crippen LogP contribution in [0.3, 0.4) is 0 Å². The second-order valence-corrected chi connectivity index (χ2v) is 4.47. The van der Waals surface area contributed by atoms with E-state index in [1.54, 1.807) is 12.4 Å². The van der Waals surface area contributed by atoms with Gasteiger partial charge in [0.05, 0.1) is 6.42 Å². The lowest BCUT2D eigenvalue weighted by Gasteiger charge is -2.29. The molecule has 1 heterocycles. The number of nitrogens with one attached hydrogen (secondary N) is 1. The minimum absolute atomic E-state index is 0.0317. The minimum atomic E-state index is -0.325. The molecule has 0 fully saturated rings. The number of aromatic nitrogens is 1. The molecule has 0 saturated carbocycles. The molecule has 0 aliphatic carbocycles. The molecule has 2 N–H and O–H groups in total. The standard InChI is InChI=1S/C13H20N2O2/c1-3-13(2,6-8-16)15-12(17)9-11-5-4-7-14-10-11/h4-5,7,10,16H,3,6,8-9H2,1-2H3,(H,15,17). The molecule has 94 valence electrons. The van der Waals surface area contributed by atoms with E-state index in [2.05, 4.69) is 10.3 Å². The third-order valence-corrected chi connectivity index (χ3v) is 2.97. The Balaban J connectivity index is 2.54. The molecule has 1 amide bonds. The fourth-order valence-electron chi connectivity index (χ4n) is 1.64. The van der Waals surface area contributed by atoms with Crippen molar-refractivity contribution >= 4 is 5.91 Å². The summed E-state index contributed by atoms with van der Waals surface area (Å²) in [7, 11) is 0. The van der Waals surface area contributed by atoms with Crippen molar-refractivity contribution in [3.05, 3.63) is 30.1 Å². The lowest BCUT2D eigenvalue weighted by molar-refractivity contribution is -0.122. The number of amides is 1. The molecule has 1 atom stereocenters. The summed E-state index contributed by atoms with van der Waals surface area (Å²) in [6, 6.07) is 3.69. The predicted molar refractivity (Wildman–Crippen MR) is 66.5 cm³/mol. The van der Waals surface area contributed by atoms with Crippen molar-refractivity contribution in [3.63, 3.8) is 0 Å². The molecule has 0 aliphatic rings. The average molecular weight is 236 g/mol. The van der Waals surface area contributed by atoms with E-state index in [0.29, 0.717) is 12.8 Å². The monoisotopic (exact) mass is 236 g/mol. The van der Waals surface area contributed by atoms with Gasteiger partial charge in [-0.15, -0.1) is 0 Å². The Bertz CT molecular complexity index is 354. The van der Waals surface area contributed by atoms with Gasteiger partial charge in [-0.1, -0.05) is 13.0 Å². The summed E-state index contributed by atoms with van der Waals surface area (Å²) < 4.78 is 0. The van der Waals surface area contributed by atoms with E-state index < -0.39 is 0 Å². The highest BCUT2D eigenvalue weighted by Crippen LogP contribution is 2.14. The molecule has 1 aromatic rings. The zero-order valence-electron chi connectivity index (χ0n) is 10.4. The number of hydrogen-bond acceptors (Lipinski definition) is 3. The molecule has 4 nitrogen and oxygen atoms in total. The van der Waals surface area contributed by atoms with Crippen LogP contribution < -0.4 is 5.32 Å². The highest BCUT2D eigenvalue weighted by atomic mass is 16.3. The number of aliphatic hydroxyl groups is 1. The van der Waals surface area contributed by atoms with E-state index in [9.17, 15) is 4.79 Å². The molecule has 0 saturated heterocycles. The zero-order valence-corrected chi connectivity index (χ0v) is 10.4. The van der Waals surface area contributed by atoms with Crippen LogP contribution in [0.2, 0.25) is 0 Å². The fourth-order valence-corrected chi connectivity index (χ4v) is 1.64. The topological polar surface area (TPSA) is 62.2 Å². The smallest absolute Gasteiger partial charge is 0.224 e. The van der Waals surface area contributed by atoms with Crippen molar-refractivity contribution in [1.29, 1.82) is 0 Å². The lowest BCUT2D eigenvalue weighted by atomic mass is 9.94. The van der Waals surface area contributed by atoms with E-state index in [4.69, 9.17) is 5.11 Å². The van der Waals surface area contributed by atoms with Crippen molar-refractivity contribution in [1.82, 2.24) is 10.3 Å². The van der Waals surface area contributed by atoms with Crippen molar-refractivity contribution < 1.29 is 9.90 Å². The first-order valence-corrected chi connectivity index (χ1v) is 5.90. The first kappa shape index (κ1) is 13.6. The molecule has 17 heavy (non-hydrogen) atoms. The number of pyridine rings is 1. The Hall–Kier alpha value is -1.42. The Labute approximate surface area is 102 Å². The van der Waals surface area contributed by atoms with E-state index in [1.807, 2.05) is 26.0 Å². The van der Waals surface area contributed by atoms with E-state index >= 15 is 0 Å². The predicted octanol–water partition coefficient (Wildman–Crippen LogP) is 1.29. The minimum Gasteiger partial charge on any atom is -0.396 e. The van der Waals surface area contributed by atoms with Gasteiger partial charge >= 0.3 is 0 Å². The van der Waals surface area contributed by atoms with Gasteiger partial charge in [-0.25, -0.2) is 0 Å². The highest BCUT2D eigenvalue weighted by Gasteiger charge is 2.23. The third kappa shape index (κ3) is 4.53. The first-order chi connectivity index (χ1) is 8.09. The Morgan fingerprint density at radius 3 is 2.88 bits per heavy atom. The maximum absolute atomic E-state index is 11.8. The van der Waals surface area contributed by atoms with Gasteiger partial charge in [0.2, 0.25) is 5.91 Å². The molecule has 0 aromatic carbocycles. The normalized spacial score (nSPS) is 14.1. The van der Waals surface area contributed by atoms with Gasteiger partial charge in [0.1, 0.15) is 0 Å². The summed E-state index contributed by atoms with van der Waals surface area (Å²) >= 11 is 0. The van der Waals surface area contributed by atoms with Crippen LogP contribution in [0.4, 0.5) is 0 Å². The molecule has 0 spiro atoms. The Morgan fingerprint density at radius 2 is 2.35 bits per heavy atom. The van der Waals surface area contributed by atoms with Gasteiger partial charge in [0.15, 0.2) is 0 Å².